The predicted molar refractivity (Wildman–Crippen MR) is 73.5 cm³/mol. The van der Waals surface area contributed by atoms with Crippen molar-refractivity contribution in [3.8, 4) is 0 Å². The molecule has 2 rings (SSSR count). The number of hydrogen-bond donors (Lipinski definition) is 2. The van der Waals surface area contributed by atoms with Crippen LogP contribution in [0.5, 0.6) is 0 Å². The summed E-state index contributed by atoms with van der Waals surface area (Å²) in [4.78, 5) is 12.2. The summed E-state index contributed by atoms with van der Waals surface area (Å²) in [6.07, 6.45) is 0. The van der Waals surface area contributed by atoms with Crippen molar-refractivity contribution < 1.29 is 4.79 Å². The van der Waals surface area contributed by atoms with E-state index in [0.717, 1.165) is 23.7 Å². The summed E-state index contributed by atoms with van der Waals surface area (Å²) < 4.78 is 0. The Morgan fingerprint density at radius 2 is 2.18 bits per heavy atom. The number of rotatable bonds is 5. The topological polar surface area (TPSA) is 41.1 Å². The maximum absolute atomic E-state index is 11.0. The van der Waals surface area contributed by atoms with Gasteiger partial charge in [0.05, 0.1) is 5.69 Å². The van der Waals surface area contributed by atoms with Gasteiger partial charge < -0.3 is 10.6 Å². The van der Waals surface area contributed by atoms with Crippen molar-refractivity contribution in [2.75, 3.05) is 5.32 Å². The summed E-state index contributed by atoms with van der Waals surface area (Å²) in [5.41, 5.74) is 2.22. The number of thiophene rings is 2. The van der Waals surface area contributed by atoms with Crippen LogP contribution >= 0.6 is 22.7 Å². The molecule has 0 bridgehead atoms. The fraction of sp³-hybridized carbons (Fsp3) is 0.250. The Bertz CT molecular complexity index is 476. The Labute approximate surface area is 108 Å². The van der Waals surface area contributed by atoms with Crippen LogP contribution in [0.2, 0.25) is 0 Å². The molecule has 0 spiro atoms. The maximum atomic E-state index is 11.0. The van der Waals surface area contributed by atoms with E-state index in [4.69, 9.17) is 0 Å². The summed E-state index contributed by atoms with van der Waals surface area (Å²) >= 11 is 3.36. The average molecular weight is 266 g/mol. The van der Waals surface area contributed by atoms with Crippen molar-refractivity contribution >= 4 is 34.3 Å². The van der Waals surface area contributed by atoms with Gasteiger partial charge in [-0.25, -0.2) is 0 Å². The van der Waals surface area contributed by atoms with Gasteiger partial charge in [-0.05, 0) is 33.8 Å². The molecule has 17 heavy (non-hydrogen) atoms. The van der Waals surface area contributed by atoms with Gasteiger partial charge in [0.1, 0.15) is 0 Å². The van der Waals surface area contributed by atoms with E-state index in [1.54, 1.807) is 22.7 Å². The van der Waals surface area contributed by atoms with Gasteiger partial charge in [0, 0.05) is 24.9 Å². The minimum Gasteiger partial charge on any atom is -0.325 e. The van der Waals surface area contributed by atoms with Crippen LogP contribution in [0.25, 0.3) is 0 Å². The molecule has 0 aliphatic rings. The zero-order valence-corrected chi connectivity index (χ0v) is 11.2. The first-order chi connectivity index (χ1) is 8.25. The lowest BCUT2D eigenvalue weighted by Gasteiger charge is -2.05. The molecule has 0 unspecified atom stereocenters. The van der Waals surface area contributed by atoms with E-state index >= 15 is 0 Å². The Balaban J connectivity index is 1.86. The Kier molecular flexibility index (Phi) is 4.30. The van der Waals surface area contributed by atoms with Crippen molar-refractivity contribution in [2.45, 2.75) is 20.0 Å². The normalized spacial score (nSPS) is 10.4. The molecular formula is C12H14N2OS2. The van der Waals surface area contributed by atoms with Crippen molar-refractivity contribution in [3.63, 3.8) is 0 Å². The zero-order chi connectivity index (χ0) is 12.1. The molecule has 0 saturated heterocycles. The van der Waals surface area contributed by atoms with E-state index < -0.39 is 0 Å². The molecule has 5 heteroatoms. The summed E-state index contributed by atoms with van der Waals surface area (Å²) in [5.74, 6) is -0.0255. The van der Waals surface area contributed by atoms with Gasteiger partial charge in [0.15, 0.2) is 0 Å². The molecule has 0 radical (unpaired) electrons. The van der Waals surface area contributed by atoms with Gasteiger partial charge >= 0.3 is 0 Å². The molecule has 0 aromatic carbocycles. The number of hydrogen-bond acceptors (Lipinski definition) is 4. The SMILES string of the molecule is CC(=O)Nc1ccsc1CNCc1ccsc1. The van der Waals surface area contributed by atoms with Gasteiger partial charge in [-0.2, -0.15) is 11.3 Å². The first-order valence-electron chi connectivity index (χ1n) is 5.31. The van der Waals surface area contributed by atoms with Crippen LogP contribution in [0, 0.1) is 0 Å². The second-order valence-electron chi connectivity index (χ2n) is 3.67. The third-order valence-electron chi connectivity index (χ3n) is 2.25. The van der Waals surface area contributed by atoms with Gasteiger partial charge in [-0.3, -0.25) is 4.79 Å². The monoisotopic (exact) mass is 266 g/mol. The molecule has 3 nitrogen and oxygen atoms in total. The summed E-state index contributed by atoms with van der Waals surface area (Å²) in [6, 6.07) is 4.05. The van der Waals surface area contributed by atoms with Crippen LogP contribution in [0.15, 0.2) is 28.3 Å². The Morgan fingerprint density at radius 3 is 2.88 bits per heavy atom. The summed E-state index contributed by atoms with van der Waals surface area (Å²) in [5, 5.41) is 12.4. The number of nitrogens with one attached hydrogen (secondary N) is 2. The van der Waals surface area contributed by atoms with Crippen LogP contribution in [-0.4, -0.2) is 5.91 Å². The largest absolute Gasteiger partial charge is 0.325 e. The van der Waals surface area contributed by atoms with Crippen LogP contribution in [0.1, 0.15) is 17.4 Å². The predicted octanol–water partition coefficient (Wildman–Crippen LogP) is 3.06. The second kappa shape index (κ2) is 5.95. The summed E-state index contributed by atoms with van der Waals surface area (Å²) in [6.45, 7) is 3.17. The van der Waals surface area contributed by atoms with Gasteiger partial charge in [-0.15, -0.1) is 11.3 Å². The Morgan fingerprint density at radius 1 is 1.29 bits per heavy atom. The minimum atomic E-state index is -0.0255. The van der Waals surface area contributed by atoms with Gasteiger partial charge in [0.2, 0.25) is 5.91 Å². The smallest absolute Gasteiger partial charge is 0.221 e. The number of amides is 1. The van der Waals surface area contributed by atoms with E-state index in [1.165, 1.54) is 12.5 Å². The standard InChI is InChI=1S/C12H14N2OS2/c1-9(15)14-11-3-5-17-12(11)7-13-6-10-2-4-16-8-10/h2-5,8,13H,6-7H2,1H3,(H,14,15). The third-order valence-corrected chi connectivity index (χ3v) is 3.90. The number of carbonyl (C=O) groups is 1. The molecule has 0 aliphatic carbocycles. The van der Waals surface area contributed by atoms with E-state index in [9.17, 15) is 4.79 Å². The maximum Gasteiger partial charge on any atom is 0.221 e. The lowest BCUT2D eigenvalue weighted by Crippen LogP contribution is -2.13. The van der Waals surface area contributed by atoms with Crippen molar-refractivity contribution in [2.24, 2.45) is 0 Å². The van der Waals surface area contributed by atoms with Crippen LogP contribution in [0.4, 0.5) is 5.69 Å². The highest BCUT2D eigenvalue weighted by Crippen LogP contribution is 2.22. The first kappa shape index (κ1) is 12.3. The van der Waals surface area contributed by atoms with Crippen LogP contribution < -0.4 is 10.6 Å². The van der Waals surface area contributed by atoms with E-state index in [2.05, 4.69) is 27.5 Å². The molecule has 0 fully saturated rings. The first-order valence-corrected chi connectivity index (χ1v) is 7.13. The molecule has 0 atom stereocenters. The van der Waals surface area contributed by atoms with E-state index in [-0.39, 0.29) is 5.91 Å². The minimum absolute atomic E-state index is 0.0255. The lowest BCUT2D eigenvalue weighted by molar-refractivity contribution is -0.114. The zero-order valence-electron chi connectivity index (χ0n) is 9.53. The third kappa shape index (κ3) is 3.66. The van der Waals surface area contributed by atoms with E-state index in [0.29, 0.717) is 0 Å². The van der Waals surface area contributed by atoms with Gasteiger partial charge in [-0.1, -0.05) is 0 Å². The molecule has 2 aromatic heterocycles. The van der Waals surface area contributed by atoms with Crippen LogP contribution in [-0.2, 0) is 17.9 Å². The highest BCUT2D eigenvalue weighted by Gasteiger charge is 2.05. The fourth-order valence-corrected chi connectivity index (χ4v) is 2.96. The Hall–Kier alpha value is -1.17. The molecule has 1 amide bonds. The number of carbonyl (C=O) groups excluding carboxylic acids is 1. The molecule has 90 valence electrons. The van der Waals surface area contributed by atoms with Crippen molar-refractivity contribution in [1.82, 2.24) is 5.32 Å². The number of anilines is 1. The second-order valence-corrected chi connectivity index (χ2v) is 5.45. The average Bonchev–Trinajstić information content (AvgIpc) is 2.90. The molecule has 2 aromatic rings. The highest BCUT2D eigenvalue weighted by atomic mass is 32.1. The molecule has 0 saturated carbocycles. The molecule has 0 aliphatic heterocycles. The van der Waals surface area contributed by atoms with Crippen molar-refractivity contribution in [3.05, 3.63) is 38.7 Å². The lowest BCUT2D eigenvalue weighted by atomic mass is 10.3. The van der Waals surface area contributed by atoms with Crippen molar-refractivity contribution in [1.29, 1.82) is 0 Å². The fourth-order valence-electron chi connectivity index (χ4n) is 1.49. The van der Waals surface area contributed by atoms with Crippen LogP contribution in [0.3, 0.4) is 0 Å². The van der Waals surface area contributed by atoms with Gasteiger partial charge in [0.25, 0.3) is 0 Å². The molecule has 2 N–H and O–H groups in total. The quantitative estimate of drug-likeness (QED) is 0.873. The molecule has 2 heterocycles. The summed E-state index contributed by atoms with van der Waals surface area (Å²) in [7, 11) is 0. The molecular weight excluding hydrogens is 252 g/mol. The highest BCUT2D eigenvalue weighted by molar-refractivity contribution is 7.10. The van der Waals surface area contributed by atoms with E-state index in [1.807, 2.05) is 11.4 Å².